The highest BCUT2D eigenvalue weighted by Gasteiger charge is 2.36. The molecule has 0 bridgehead atoms. The predicted octanol–water partition coefficient (Wildman–Crippen LogP) is 1.33. The van der Waals surface area contributed by atoms with E-state index >= 15 is 0 Å². The maximum atomic E-state index is 11.1. The molecule has 0 radical (unpaired) electrons. The Bertz CT molecular complexity index is 278. The van der Waals surface area contributed by atoms with E-state index in [4.69, 9.17) is 5.11 Å². The molecule has 4 heteroatoms. The van der Waals surface area contributed by atoms with Gasteiger partial charge in [-0.3, -0.25) is 9.69 Å². The third kappa shape index (κ3) is 3.19. The molecule has 1 saturated carbocycles. The first-order chi connectivity index (χ1) is 8.11. The number of rotatable bonds is 5. The van der Waals surface area contributed by atoms with Gasteiger partial charge in [-0.2, -0.15) is 0 Å². The van der Waals surface area contributed by atoms with Crippen LogP contribution in [0.2, 0.25) is 0 Å². The van der Waals surface area contributed by atoms with E-state index in [1.165, 1.54) is 12.8 Å². The number of piperidine rings is 1. The van der Waals surface area contributed by atoms with Crippen molar-refractivity contribution in [3.63, 3.8) is 0 Å². The Labute approximate surface area is 103 Å². The lowest BCUT2D eigenvalue weighted by Gasteiger charge is -2.39. The lowest BCUT2D eigenvalue weighted by Crippen LogP contribution is -2.50. The lowest BCUT2D eigenvalue weighted by atomic mass is 9.89. The van der Waals surface area contributed by atoms with E-state index < -0.39 is 5.97 Å². The van der Waals surface area contributed by atoms with Crippen LogP contribution in [0.3, 0.4) is 0 Å². The van der Waals surface area contributed by atoms with Crippen molar-refractivity contribution in [1.29, 1.82) is 0 Å². The van der Waals surface area contributed by atoms with Gasteiger partial charge in [-0.15, -0.1) is 0 Å². The first-order valence-corrected chi connectivity index (χ1v) is 6.76. The Morgan fingerprint density at radius 2 is 2.12 bits per heavy atom. The summed E-state index contributed by atoms with van der Waals surface area (Å²) in [4.78, 5) is 13.2. The van der Waals surface area contributed by atoms with Crippen molar-refractivity contribution in [3.8, 4) is 0 Å². The van der Waals surface area contributed by atoms with Crippen molar-refractivity contribution in [3.05, 3.63) is 0 Å². The van der Waals surface area contributed by atoms with Gasteiger partial charge in [-0.05, 0) is 31.1 Å². The largest absolute Gasteiger partial charge is 0.480 e. The van der Waals surface area contributed by atoms with Crippen molar-refractivity contribution in [2.45, 2.75) is 51.2 Å². The van der Waals surface area contributed by atoms with Crippen LogP contribution in [-0.4, -0.2) is 46.3 Å². The SMILES string of the molecule is CC[C@H](C(=O)O)N1CC[C@@H](O)[C@H](CC2CC2)C1. The predicted molar refractivity (Wildman–Crippen MR) is 64.7 cm³/mol. The lowest BCUT2D eigenvalue weighted by molar-refractivity contribution is -0.145. The van der Waals surface area contributed by atoms with Crippen molar-refractivity contribution < 1.29 is 15.0 Å². The molecule has 4 nitrogen and oxygen atoms in total. The number of hydrogen-bond donors (Lipinski definition) is 2. The molecule has 0 amide bonds. The second-order valence-electron chi connectivity index (χ2n) is 5.55. The van der Waals surface area contributed by atoms with Gasteiger partial charge in [0.2, 0.25) is 0 Å². The summed E-state index contributed by atoms with van der Waals surface area (Å²) in [6, 6.07) is -0.371. The van der Waals surface area contributed by atoms with Crippen LogP contribution in [0.1, 0.15) is 39.0 Å². The number of aliphatic carboxylic acids is 1. The Morgan fingerprint density at radius 1 is 1.41 bits per heavy atom. The molecule has 1 aliphatic heterocycles. The minimum absolute atomic E-state index is 0.224. The highest BCUT2D eigenvalue weighted by molar-refractivity contribution is 5.73. The number of likely N-dealkylation sites (tertiary alicyclic amines) is 1. The summed E-state index contributed by atoms with van der Waals surface area (Å²) in [6.07, 6.45) is 4.80. The van der Waals surface area contributed by atoms with E-state index in [1.807, 2.05) is 11.8 Å². The number of carboxylic acid groups (broad SMARTS) is 1. The molecular formula is C13H23NO3. The zero-order valence-electron chi connectivity index (χ0n) is 10.5. The third-order valence-corrected chi connectivity index (χ3v) is 4.17. The standard InChI is InChI=1S/C13H23NO3/c1-2-11(13(16)17)14-6-5-12(15)10(8-14)7-9-3-4-9/h9-12,15H,2-8H2,1H3,(H,16,17)/t10-,11-,12-/m1/s1. The van der Waals surface area contributed by atoms with Gasteiger partial charge < -0.3 is 10.2 Å². The van der Waals surface area contributed by atoms with Gasteiger partial charge in [0.15, 0.2) is 0 Å². The van der Waals surface area contributed by atoms with E-state index in [0.29, 0.717) is 13.0 Å². The summed E-state index contributed by atoms with van der Waals surface area (Å²) in [5.41, 5.74) is 0. The van der Waals surface area contributed by atoms with Gasteiger partial charge in [0.1, 0.15) is 6.04 Å². The van der Waals surface area contributed by atoms with E-state index in [-0.39, 0.29) is 18.1 Å². The molecule has 2 N–H and O–H groups in total. The van der Waals surface area contributed by atoms with Crippen molar-refractivity contribution in [1.82, 2.24) is 4.90 Å². The van der Waals surface area contributed by atoms with E-state index in [9.17, 15) is 9.90 Å². The monoisotopic (exact) mass is 241 g/mol. The minimum Gasteiger partial charge on any atom is -0.480 e. The molecule has 1 aliphatic carbocycles. The first-order valence-electron chi connectivity index (χ1n) is 6.76. The normalized spacial score (nSPS) is 32.4. The van der Waals surface area contributed by atoms with Crippen LogP contribution in [-0.2, 0) is 4.79 Å². The van der Waals surface area contributed by atoms with Crippen LogP contribution >= 0.6 is 0 Å². The summed E-state index contributed by atoms with van der Waals surface area (Å²) in [5, 5.41) is 19.2. The maximum absolute atomic E-state index is 11.1. The number of carbonyl (C=O) groups is 1. The Hall–Kier alpha value is -0.610. The summed E-state index contributed by atoms with van der Waals surface area (Å²) >= 11 is 0. The Morgan fingerprint density at radius 3 is 2.65 bits per heavy atom. The summed E-state index contributed by atoms with van der Waals surface area (Å²) in [5.74, 6) is 0.346. The van der Waals surface area contributed by atoms with Crippen molar-refractivity contribution >= 4 is 5.97 Å². The molecule has 0 aromatic rings. The second kappa shape index (κ2) is 5.36. The number of aliphatic hydroxyl groups is 1. The van der Waals surface area contributed by atoms with Crippen molar-refractivity contribution in [2.75, 3.05) is 13.1 Å². The van der Waals surface area contributed by atoms with Gasteiger partial charge in [0.05, 0.1) is 6.10 Å². The average molecular weight is 241 g/mol. The van der Waals surface area contributed by atoms with E-state index in [0.717, 1.165) is 25.3 Å². The van der Waals surface area contributed by atoms with Gasteiger partial charge in [-0.25, -0.2) is 0 Å². The number of hydrogen-bond acceptors (Lipinski definition) is 3. The van der Waals surface area contributed by atoms with Gasteiger partial charge in [-0.1, -0.05) is 19.8 Å². The van der Waals surface area contributed by atoms with Gasteiger partial charge >= 0.3 is 5.97 Å². The van der Waals surface area contributed by atoms with E-state index in [2.05, 4.69) is 0 Å². The number of carboxylic acids is 1. The molecule has 2 fully saturated rings. The summed E-state index contributed by atoms with van der Waals surface area (Å²) < 4.78 is 0. The topological polar surface area (TPSA) is 60.8 Å². The van der Waals surface area contributed by atoms with Crippen molar-refractivity contribution in [2.24, 2.45) is 11.8 Å². The van der Waals surface area contributed by atoms with Crippen LogP contribution in [0.5, 0.6) is 0 Å². The molecule has 17 heavy (non-hydrogen) atoms. The molecule has 3 atom stereocenters. The van der Waals surface area contributed by atoms with E-state index in [1.54, 1.807) is 0 Å². The number of aliphatic hydroxyl groups excluding tert-OH is 1. The molecule has 0 spiro atoms. The molecule has 2 aliphatic rings. The summed E-state index contributed by atoms with van der Waals surface area (Å²) in [7, 11) is 0. The molecule has 0 aromatic carbocycles. The first kappa shape index (κ1) is 12.8. The fraction of sp³-hybridized carbons (Fsp3) is 0.923. The molecule has 98 valence electrons. The molecule has 1 saturated heterocycles. The van der Waals surface area contributed by atoms with Gasteiger partial charge in [0, 0.05) is 13.1 Å². The molecule has 0 aromatic heterocycles. The Balaban J connectivity index is 1.93. The van der Waals surface area contributed by atoms with Crippen LogP contribution in [0, 0.1) is 11.8 Å². The highest BCUT2D eigenvalue weighted by Crippen LogP contribution is 2.38. The molecule has 2 rings (SSSR count). The number of nitrogens with zero attached hydrogens (tertiary/aromatic N) is 1. The van der Waals surface area contributed by atoms with Crippen LogP contribution in [0.25, 0.3) is 0 Å². The smallest absolute Gasteiger partial charge is 0.320 e. The molecular weight excluding hydrogens is 218 g/mol. The third-order valence-electron chi connectivity index (χ3n) is 4.17. The zero-order valence-corrected chi connectivity index (χ0v) is 10.5. The maximum Gasteiger partial charge on any atom is 0.320 e. The van der Waals surface area contributed by atoms with Crippen LogP contribution < -0.4 is 0 Å². The van der Waals surface area contributed by atoms with Crippen LogP contribution in [0.15, 0.2) is 0 Å². The highest BCUT2D eigenvalue weighted by atomic mass is 16.4. The zero-order chi connectivity index (χ0) is 12.4. The fourth-order valence-corrected chi connectivity index (χ4v) is 2.93. The van der Waals surface area contributed by atoms with Gasteiger partial charge in [0.25, 0.3) is 0 Å². The average Bonchev–Trinajstić information content (AvgIpc) is 3.07. The quantitative estimate of drug-likeness (QED) is 0.762. The van der Waals surface area contributed by atoms with Crippen LogP contribution in [0.4, 0.5) is 0 Å². The molecule has 1 heterocycles. The second-order valence-corrected chi connectivity index (χ2v) is 5.55. The minimum atomic E-state index is -0.728. The fourth-order valence-electron chi connectivity index (χ4n) is 2.93. The summed E-state index contributed by atoms with van der Waals surface area (Å²) in [6.45, 7) is 3.38. The Kier molecular flexibility index (Phi) is 4.05. The molecule has 0 unspecified atom stereocenters.